The van der Waals surface area contributed by atoms with Crippen molar-refractivity contribution < 1.29 is 19.0 Å². The molecule has 3 rings (SSSR count). The third-order valence-corrected chi connectivity index (χ3v) is 5.50. The number of hydrogen-bond acceptors (Lipinski definition) is 5. The molecule has 1 aliphatic carbocycles. The van der Waals surface area contributed by atoms with Gasteiger partial charge in [0.25, 0.3) is 0 Å². The molecule has 2 aromatic rings. The fourth-order valence-corrected chi connectivity index (χ4v) is 3.09. The third kappa shape index (κ3) is 5.32. The van der Waals surface area contributed by atoms with E-state index < -0.39 is 0 Å². The molecule has 5 nitrogen and oxygen atoms in total. The Morgan fingerprint density at radius 3 is 2.29 bits per heavy atom. The fourth-order valence-electron chi connectivity index (χ4n) is 2.92. The number of benzene rings is 2. The van der Waals surface area contributed by atoms with Crippen LogP contribution in [0.4, 0.5) is 5.69 Å². The van der Waals surface area contributed by atoms with Crippen LogP contribution in [-0.4, -0.2) is 26.3 Å². The number of anilines is 1. The molecule has 1 unspecified atom stereocenters. The van der Waals surface area contributed by atoms with Crippen molar-refractivity contribution in [1.82, 2.24) is 0 Å². The zero-order valence-electron chi connectivity index (χ0n) is 16.2. The quantitative estimate of drug-likeness (QED) is 0.479. The van der Waals surface area contributed by atoms with Crippen molar-refractivity contribution >= 4 is 23.3 Å². The van der Waals surface area contributed by atoms with Crippen molar-refractivity contribution in [1.29, 1.82) is 0 Å². The van der Waals surface area contributed by atoms with E-state index in [9.17, 15) is 4.79 Å². The Kier molecular flexibility index (Phi) is 6.35. The summed E-state index contributed by atoms with van der Waals surface area (Å²) < 4.78 is 16.6. The fraction of sp³-hybridized carbons (Fsp3) is 0.409. The van der Waals surface area contributed by atoms with Crippen molar-refractivity contribution in [2.75, 3.05) is 26.1 Å². The number of nitrogen functional groups attached to an aromatic ring is 1. The summed E-state index contributed by atoms with van der Waals surface area (Å²) in [5.41, 5.74) is 7.40. The van der Waals surface area contributed by atoms with E-state index in [1.165, 1.54) is 7.11 Å². The van der Waals surface area contributed by atoms with Crippen molar-refractivity contribution in [3.05, 3.63) is 53.1 Å². The maximum absolute atomic E-state index is 11.4. The summed E-state index contributed by atoms with van der Waals surface area (Å²) in [7, 11) is 1.41. The molecule has 0 spiro atoms. The van der Waals surface area contributed by atoms with Crippen LogP contribution in [0, 0.1) is 5.41 Å². The highest BCUT2D eigenvalue weighted by atomic mass is 35.5. The van der Waals surface area contributed by atoms with E-state index in [0.717, 1.165) is 29.9 Å². The number of halogens is 1. The van der Waals surface area contributed by atoms with Crippen LogP contribution in [0.15, 0.2) is 42.5 Å². The molecule has 2 N–H and O–H groups in total. The largest absolute Gasteiger partial charge is 0.493 e. The van der Waals surface area contributed by atoms with E-state index in [2.05, 4.69) is 0 Å². The number of methoxy groups -OCH3 is 1. The van der Waals surface area contributed by atoms with E-state index >= 15 is 0 Å². The molecular formula is C22H26ClNO4. The van der Waals surface area contributed by atoms with Crippen LogP contribution >= 0.6 is 11.6 Å². The highest BCUT2D eigenvalue weighted by molar-refractivity contribution is 6.33. The van der Waals surface area contributed by atoms with Crippen molar-refractivity contribution in [2.45, 2.75) is 32.1 Å². The molecule has 0 bridgehead atoms. The highest BCUT2D eigenvalue weighted by Crippen LogP contribution is 2.46. The number of carbonyl (C=O) groups excluding carboxylic acids is 1. The number of ether oxygens (including phenoxy) is 3. The van der Waals surface area contributed by atoms with Gasteiger partial charge in [-0.1, -0.05) is 30.7 Å². The first-order valence-electron chi connectivity index (χ1n) is 9.38. The number of nitrogens with two attached hydrogens (primary N) is 1. The van der Waals surface area contributed by atoms with Gasteiger partial charge in [-0.05, 0) is 48.6 Å². The van der Waals surface area contributed by atoms with Gasteiger partial charge in [0.05, 0.1) is 37.5 Å². The lowest BCUT2D eigenvalue weighted by molar-refractivity contribution is -0.140. The van der Waals surface area contributed by atoms with Crippen LogP contribution in [-0.2, 0) is 9.53 Å². The highest BCUT2D eigenvalue weighted by Gasteiger charge is 2.44. The van der Waals surface area contributed by atoms with E-state index in [1.807, 2.05) is 37.3 Å². The minimum absolute atomic E-state index is 0.0463. The molecule has 0 saturated heterocycles. The lowest BCUT2D eigenvalue weighted by Gasteiger charge is -2.18. The van der Waals surface area contributed by atoms with Crippen LogP contribution in [0.3, 0.4) is 0 Å². The molecule has 0 aromatic heterocycles. The molecule has 28 heavy (non-hydrogen) atoms. The van der Waals surface area contributed by atoms with E-state index in [1.54, 1.807) is 12.1 Å². The second-order valence-electron chi connectivity index (χ2n) is 7.51. The van der Waals surface area contributed by atoms with Crippen molar-refractivity contribution in [3.8, 4) is 11.5 Å². The Morgan fingerprint density at radius 2 is 1.71 bits per heavy atom. The van der Waals surface area contributed by atoms with E-state index in [4.69, 9.17) is 31.5 Å². The lowest BCUT2D eigenvalue weighted by atomic mass is 9.98. The van der Waals surface area contributed by atoms with Gasteiger partial charge in [-0.3, -0.25) is 4.79 Å². The zero-order chi connectivity index (χ0) is 20.1. The van der Waals surface area contributed by atoms with Crippen LogP contribution in [0.5, 0.6) is 11.5 Å². The number of rotatable bonds is 9. The van der Waals surface area contributed by atoms with Crippen molar-refractivity contribution in [2.24, 2.45) is 5.41 Å². The Morgan fingerprint density at radius 1 is 1.11 bits per heavy atom. The minimum atomic E-state index is -0.203. The molecule has 1 atom stereocenters. The van der Waals surface area contributed by atoms with Crippen LogP contribution < -0.4 is 15.2 Å². The Labute approximate surface area is 170 Å². The van der Waals surface area contributed by atoms with E-state index in [0.29, 0.717) is 30.3 Å². The number of esters is 1. The van der Waals surface area contributed by atoms with Gasteiger partial charge in [0.1, 0.15) is 11.5 Å². The first-order valence-corrected chi connectivity index (χ1v) is 9.76. The molecule has 150 valence electrons. The average molecular weight is 404 g/mol. The van der Waals surface area contributed by atoms with Gasteiger partial charge in [-0.2, -0.15) is 0 Å². The topological polar surface area (TPSA) is 70.8 Å². The maximum atomic E-state index is 11.4. The molecule has 2 aromatic carbocycles. The normalized spacial score (nSPS) is 15.5. The molecule has 6 heteroatoms. The van der Waals surface area contributed by atoms with Gasteiger partial charge in [0.2, 0.25) is 0 Å². The minimum Gasteiger partial charge on any atom is -0.493 e. The molecule has 1 aliphatic rings. The zero-order valence-corrected chi connectivity index (χ0v) is 17.0. The standard InChI is InChI=1S/C22H26ClNO4/c1-15(11-21(25)26-2)16-3-5-17(6-4-16)27-13-22(9-10-22)14-28-18-7-8-20(24)19(23)12-18/h3-8,12,15H,9-11,13-14,24H2,1-2H3. The molecule has 0 aliphatic heterocycles. The van der Waals surface area contributed by atoms with E-state index in [-0.39, 0.29) is 17.3 Å². The molecule has 0 amide bonds. The SMILES string of the molecule is COC(=O)CC(C)c1ccc(OCC2(COc3ccc(N)c(Cl)c3)CC2)cc1. The molecule has 1 fully saturated rings. The lowest BCUT2D eigenvalue weighted by Crippen LogP contribution is -2.21. The van der Waals surface area contributed by atoms with Gasteiger partial charge in [-0.25, -0.2) is 0 Å². The second-order valence-corrected chi connectivity index (χ2v) is 7.92. The summed E-state index contributed by atoms with van der Waals surface area (Å²) in [5.74, 6) is 1.44. The monoisotopic (exact) mass is 403 g/mol. The van der Waals surface area contributed by atoms with Crippen LogP contribution in [0.1, 0.15) is 37.7 Å². The van der Waals surface area contributed by atoms with Gasteiger partial charge in [0.15, 0.2) is 0 Å². The summed E-state index contributed by atoms with van der Waals surface area (Å²) in [5, 5.41) is 0.500. The predicted octanol–water partition coefficient (Wildman–Crippen LogP) is 4.83. The molecule has 1 saturated carbocycles. The Balaban J connectivity index is 1.49. The first-order chi connectivity index (χ1) is 13.4. The Bertz CT molecular complexity index is 818. The average Bonchev–Trinajstić information content (AvgIpc) is 3.48. The summed E-state index contributed by atoms with van der Waals surface area (Å²) in [4.78, 5) is 11.4. The third-order valence-electron chi connectivity index (χ3n) is 5.17. The molecular weight excluding hydrogens is 378 g/mol. The van der Waals surface area contributed by atoms with Crippen LogP contribution in [0.25, 0.3) is 0 Å². The van der Waals surface area contributed by atoms with Gasteiger partial charge in [-0.15, -0.1) is 0 Å². The summed E-state index contributed by atoms with van der Waals surface area (Å²) in [6, 6.07) is 13.2. The molecule has 0 heterocycles. The smallest absolute Gasteiger partial charge is 0.306 e. The summed E-state index contributed by atoms with van der Waals surface area (Å²) in [6.45, 7) is 3.20. The first kappa shape index (κ1) is 20.3. The van der Waals surface area contributed by atoms with Crippen LogP contribution in [0.2, 0.25) is 5.02 Å². The number of hydrogen-bond donors (Lipinski definition) is 1. The predicted molar refractivity (Wildman–Crippen MR) is 110 cm³/mol. The van der Waals surface area contributed by atoms with Crippen molar-refractivity contribution in [3.63, 3.8) is 0 Å². The molecule has 0 radical (unpaired) electrons. The van der Waals surface area contributed by atoms with Gasteiger partial charge >= 0.3 is 5.97 Å². The van der Waals surface area contributed by atoms with Gasteiger partial charge in [0, 0.05) is 11.5 Å². The maximum Gasteiger partial charge on any atom is 0.306 e. The summed E-state index contributed by atoms with van der Waals surface area (Å²) in [6.07, 6.45) is 2.51. The number of carbonyl (C=O) groups is 1. The Hall–Kier alpha value is -2.40. The van der Waals surface area contributed by atoms with Gasteiger partial charge < -0.3 is 19.9 Å². The summed E-state index contributed by atoms with van der Waals surface area (Å²) >= 11 is 6.04. The second kappa shape index (κ2) is 8.74.